The Morgan fingerprint density at radius 3 is 2.31 bits per heavy atom. The quantitative estimate of drug-likeness (QED) is 0.796. The number of benzene rings is 1. The lowest BCUT2D eigenvalue weighted by atomic mass is 9.88. The molecule has 0 aromatic heterocycles. The third kappa shape index (κ3) is 3.08. The fraction of sp³-hybridized carbons (Fsp3) is 0.600. The van der Waals surface area contributed by atoms with Crippen molar-refractivity contribution < 1.29 is 0 Å². The number of hydrogen-bond donors (Lipinski definition) is 1. The molecule has 16 heavy (non-hydrogen) atoms. The molecule has 1 N–H and O–H groups in total. The van der Waals surface area contributed by atoms with Crippen molar-refractivity contribution >= 4 is 0 Å². The van der Waals surface area contributed by atoms with Crippen LogP contribution >= 0.6 is 0 Å². The van der Waals surface area contributed by atoms with Gasteiger partial charge in [0.2, 0.25) is 0 Å². The van der Waals surface area contributed by atoms with Gasteiger partial charge in [0.05, 0.1) is 0 Å². The van der Waals surface area contributed by atoms with Gasteiger partial charge in [0.15, 0.2) is 0 Å². The summed E-state index contributed by atoms with van der Waals surface area (Å²) < 4.78 is 0. The standard InChI is InChI=1S/C15H23N/c1-11(2)15(10-16-14-8-9-14)13-6-4-12(3)5-7-13/h4-7,11,14-16H,8-10H2,1-3H3. The van der Waals surface area contributed by atoms with Gasteiger partial charge in [-0.25, -0.2) is 0 Å². The Hall–Kier alpha value is -0.820. The van der Waals surface area contributed by atoms with Crippen LogP contribution < -0.4 is 5.32 Å². The molecule has 1 aliphatic rings. The summed E-state index contributed by atoms with van der Waals surface area (Å²) in [6.45, 7) is 7.92. The van der Waals surface area contributed by atoms with E-state index in [1.165, 1.54) is 24.0 Å². The van der Waals surface area contributed by atoms with Crippen LogP contribution in [0.4, 0.5) is 0 Å². The average Bonchev–Trinajstić information content (AvgIpc) is 3.04. The van der Waals surface area contributed by atoms with Crippen molar-refractivity contribution in [2.45, 2.75) is 45.6 Å². The molecule has 0 bridgehead atoms. The summed E-state index contributed by atoms with van der Waals surface area (Å²) in [7, 11) is 0. The first-order valence-corrected chi connectivity index (χ1v) is 6.47. The summed E-state index contributed by atoms with van der Waals surface area (Å²) in [6.07, 6.45) is 2.75. The zero-order valence-electron chi connectivity index (χ0n) is 10.7. The molecule has 1 unspecified atom stereocenters. The first kappa shape index (κ1) is 11.7. The Labute approximate surface area is 99.3 Å². The summed E-state index contributed by atoms with van der Waals surface area (Å²) in [6, 6.07) is 9.83. The summed E-state index contributed by atoms with van der Waals surface area (Å²) in [5, 5.41) is 3.65. The van der Waals surface area contributed by atoms with Gasteiger partial charge in [-0.2, -0.15) is 0 Å². The van der Waals surface area contributed by atoms with Crippen molar-refractivity contribution in [2.24, 2.45) is 5.92 Å². The minimum Gasteiger partial charge on any atom is -0.313 e. The topological polar surface area (TPSA) is 12.0 Å². The van der Waals surface area contributed by atoms with Crippen LogP contribution in [0.15, 0.2) is 24.3 Å². The van der Waals surface area contributed by atoms with Crippen LogP contribution in [-0.2, 0) is 0 Å². The van der Waals surface area contributed by atoms with Crippen molar-refractivity contribution in [1.82, 2.24) is 5.32 Å². The van der Waals surface area contributed by atoms with E-state index in [1.807, 2.05) is 0 Å². The van der Waals surface area contributed by atoms with Crippen LogP contribution in [0.25, 0.3) is 0 Å². The van der Waals surface area contributed by atoms with Crippen molar-refractivity contribution in [2.75, 3.05) is 6.54 Å². The number of nitrogens with one attached hydrogen (secondary N) is 1. The predicted molar refractivity (Wildman–Crippen MR) is 69.8 cm³/mol. The lowest BCUT2D eigenvalue weighted by Gasteiger charge is -2.22. The van der Waals surface area contributed by atoms with Crippen molar-refractivity contribution in [3.8, 4) is 0 Å². The second-order valence-electron chi connectivity index (χ2n) is 5.44. The van der Waals surface area contributed by atoms with E-state index in [4.69, 9.17) is 0 Å². The van der Waals surface area contributed by atoms with Crippen molar-refractivity contribution in [1.29, 1.82) is 0 Å². The SMILES string of the molecule is Cc1ccc(C(CNC2CC2)C(C)C)cc1. The number of rotatable bonds is 5. The molecule has 1 heteroatoms. The van der Waals surface area contributed by atoms with Gasteiger partial charge in [-0.05, 0) is 37.2 Å². The van der Waals surface area contributed by atoms with Crippen LogP contribution in [0.5, 0.6) is 0 Å². The normalized spacial score (nSPS) is 17.8. The van der Waals surface area contributed by atoms with Gasteiger partial charge >= 0.3 is 0 Å². The molecule has 0 amide bonds. The largest absolute Gasteiger partial charge is 0.313 e. The zero-order valence-corrected chi connectivity index (χ0v) is 10.7. The number of aryl methyl sites for hydroxylation is 1. The minimum atomic E-state index is 0.654. The molecule has 1 aromatic carbocycles. The van der Waals surface area contributed by atoms with E-state index >= 15 is 0 Å². The van der Waals surface area contributed by atoms with Crippen LogP contribution in [0.3, 0.4) is 0 Å². The van der Waals surface area contributed by atoms with E-state index in [0.29, 0.717) is 11.8 Å². The van der Waals surface area contributed by atoms with Crippen LogP contribution in [-0.4, -0.2) is 12.6 Å². The smallest absolute Gasteiger partial charge is 0.00684 e. The van der Waals surface area contributed by atoms with Gasteiger partial charge in [-0.3, -0.25) is 0 Å². The molecule has 88 valence electrons. The summed E-state index contributed by atoms with van der Waals surface area (Å²) in [5.41, 5.74) is 2.83. The minimum absolute atomic E-state index is 0.654. The molecular weight excluding hydrogens is 194 g/mol. The summed E-state index contributed by atoms with van der Waals surface area (Å²) >= 11 is 0. The highest BCUT2D eigenvalue weighted by molar-refractivity contribution is 5.25. The fourth-order valence-electron chi connectivity index (χ4n) is 2.13. The Bertz CT molecular complexity index is 322. The Morgan fingerprint density at radius 2 is 1.81 bits per heavy atom. The van der Waals surface area contributed by atoms with Gasteiger partial charge in [0.25, 0.3) is 0 Å². The second kappa shape index (κ2) is 5.01. The third-order valence-electron chi connectivity index (χ3n) is 3.51. The molecule has 0 saturated heterocycles. The van der Waals surface area contributed by atoms with Gasteiger partial charge < -0.3 is 5.32 Å². The first-order valence-electron chi connectivity index (χ1n) is 6.47. The monoisotopic (exact) mass is 217 g/mol. The van der Waals surface area contributed by atoms with E-state index in [1.54, 1.807) is 0 Å². The lowest BCUT2D eigenvalue weighted by molar-refractivity contribution is 0.460. The molecule has 0 radical (unpaired) electrons. The summed E-state index contributed by atoms with van der Waals surface area (Å²) in [5.74, 6) is 1.36. The maximum absolute atomic E-state index is 3.65. The van der Waals surface area contributed by atoms with E-state index in [-0.39, 0.29) is 0 Å². The molecule has 0 aliphatic heterocycles. The predicted octanol–water partition coefficient (Wildman–Crippen LogP) is 3.49. The number of hydrogen-bond acceptors (Lipinski definition) is 1. The maximum Gasteiger partial charge on any atom is 0.00684 e. The molecule has 2 rings (SSSR count). The summed E-state index contributed by atoms with van der Waals surface area (Å²) in [4.78, 5) is 0. The first-order chi connectivity index (χ1) is 7.66. The van der Waals surface area contributed by atoms with Crippen LogP contribution in [0.1, 0.15) is 43.7 Å². The Kier molecular flexibility index (Phi) is 3.65. The zero-order chi connectivity index (χ0) is 11.5. The van der Waals surface area contributed by atoms with Gasteiger partial charge in [-0.15, -0.1) is 0 Å². The molecule has 1 saturated carbocycles. The van der Waals surface area contributed by atoms with Gasteiger partial charge in [-0.1, -0.05) is 43.7 Å². The van der Waals surface area contributed by atoms with Crippen molar-refractivity contribution in [3.05, 3.63) is 35.4 Å². The molecular formula is C15H23N. The molecule has 1 aromatic rings. The molecule has 0 heterocycles. The average molecular weight is 217 g/mol. The second-order valence-corrected chi connectivity index (χ2v) is 5.44. The van der Waals surface area contributed by atoms with Crippen molar-refractivity contribution in [3.63, 3.8) is 0 Å². The van der Waals surface area contributed by atoms with Crippen LogP contribution in [0, 0.1) is 12.8 Å². The molecule has 1 fully saturated rings. The molecule has 1 atom stereocenters. The van der Waals surface area contributed by atoms with E-state index in [2.05, 4.69) is 50.4 Å². The van der Waals surface area contributed by atoms with E-state index in [0.717, 1.165) is 12.6 Å². The fourth-order valence-corrected chi connectivity index (χ4v) is 2.13. The molecule has 1 aliphatic carbocycles. The highest BCUT2D eigenvalue weighted by Gasteiger charge is 2.23. The highest BCUT2D eigenvalue weighted by atomic mass is 14.9. The maximum atomic E-state index is 3.65. The Balaban J connectivity index is 2.01. The highest BCUT2D eigenvalue weighted by Crippen LogP contribution is 2.26. The molecule has 0 spiro atoms. The van der Waals surface area contributed by atoms with Gasteiger partial charge in [0.1, 0.15) is 0 Å². The van der Waals surface area contributed by atoms with Gasteiger partial charge in [0, 0.05) is 12.6 Å². The third-order valence-corrected chi connectivity index (χ3v) is 3.51. The molecule has 1 nitrogen and oxygen atoms in total. The lowest BCUT2D eigenvalue weighted by Crippen LogP contribution is -2.26. The van der Waals surface area contributed by atoms with E-state index in [9.17, 15) is 0 Å². The Morgan fingerprint density at radius 1 is 1.19 bits per heavy atom. The van der Waals surface area contributed by atoms with Crippen LogP contribution in [0.2, 0.25) is 0 Å². The van der Waals surface area contributed by atoms with E-state index < -0.39 is 0 Å².